The fourth-order valence-electron chi connectivity index (χ4n) is 2.63. The average molecular weight is 300 g/mol. The SMILES string of the molecule is COc1cc(NC2CCCCCC2O)c(OC)cc1Cl. The maximum absolute atomic E-state index is 10.2. The zero-order chi connectivity index (χ0) is 14.5. The highest BCUT2D eigenvalue weighted by Gasteiger charge is 2.23. The van der Waals surface area contributed by atoms with Crippen LogP contribution < -0.4 is 14.8 Å². The topological polar surface area (TPSA) is 50.7 Å². The summed E-state index contributed by atoms with van der Waals surface area (Å²) in [7, 11) is 3.19. The highest BCUT2D eigenvalue weighted by atomic mass is 35.5. The molecule has 1 aliphatic rings. The number of halogens is 1. The molecule has 5 heteroatoms. The van der Waals surface area contributed by atoms with Crippen molar-refractivity contribution in [2.75, 3.05) is 19.5 Å². The van der Waals surface area contributed by atoms with E-state index in [1.165, 1.54) is 6.42 Å². The Morgan fingerprint density at radius 1 is 1.10 bits per heavy atom. The zero-order valence-electron chi connectivity index (χ0n) is 12.0. The van der Waals surface area contributed by atoms with Gasteiger partial charge < -0.3 is 19.9 Å². The number of hydrogen-bond donors (Lipinski definition) is 2. The van der Waals surface area contributed by atoms with E-state index in [-0.39, 0.29) is 12.1 Å². The quantitative estimate of drug-likeness (QED) is 0.836. The molecule has 4 nitrogen and oxygen atoms in total. The molecule has 1 fully saturated rings. The first-order chi connectivity index (χ1) is 9.65. The summed E-state index contributed by atoms with van der Waals surface area (Å²) >= 11 is 6.10. The number of hydrogen-bond acceptors (Lipinski definition) is 4. The molecule has 2 unspecified atom stereocenters. The van der Waals surface area contributed by atoms with Gasteiger partial charge in [0, 0.05) is 12.1 Å². The number of rotatable bonds is 4. The molecule has 0 aliphatic heterocycles. The van der Waals surface area contributed by atoms with Crippen LogP contribution in [-0.4, -0.2) is 31.5 Å². The highest BCUT2D eigenvalue weighted by molar-refractivity contribution is 6.32. The van der Waals surface area contributed by atoms with E-state index in [4.69, 9.17) is 21.1 Å². The second-order valence-electron chi connectivity index (χ2n) is 5.14. The van der Waals surface area contributed by atoms with Gasteiger partial charge in [0.05, 0.1) is 37.1 Å². The van der Waals surface area contributed by atoms with Gasteiger partial charge in [0.2, 0.25) is 0 Å². The minimum atomic E-state index is -0.330. The van der Waals surface area contributed by atoms with Crippen molar-refractivity contribution < 1.29 is 14.6 Å². The summed E-state index contributed by atoms with van der Waals surface area (Å²) in [6.07, 6.45) is 4.85. The third-order valence-corrected chi connectivity index (χ3v) is 4.09. The van der Waals surface area contributed by atoms with Gasteiger partial charge in [-0.3, -0.25) is 0 Å². The predicted octanol–water partition coefficient (Wildman–Crippen LogP) is 3.46. The molecule has 0 heterocycles. The van der Waals surface area contributed by atoms with Crippen LogP contribution in [0.1, 0.15) is 32.1 Å². The van der Waals surface area contributed by atoms with E-state index in [0.717, 1.165) is 31.4 Å². The summed E-state index contributed by atoms with van der Waals surface area (Å²) in [6, 6.07) is 3.59. The Morgan fingerprint density at radius 2 is 1.80 bits per heavy atom. The fourth-order valence-corrected chi connectivity index (χ4v) is 2.86. The van der Waals surface area contributed by atoms with Crippen molar-refractivity contribution in [1.29, 1.82) is 0 Å². The first kappa shape index (κ1) is 15.3. The lowest BCUT2D eigenvalue weighted by atomic mass is 10.1. The highest BCUT2D eigenvalue weighted by Crippen LogP contribution is 2.37. The number of benzene rings is 1. The van der Waals surface area contributed by atoms with Gasteiger partial charge in [0.1, 0.15) is 11.5 Å². The maximum Gasteiger partial charge on any atom is 0.143 e. The lowest BCUT2D eigenvalue weighted by Gasteiger charge is -2.24. The van der Waals surface area contributed by atoms with Gasteiger partial charge >= 0.3 is 0 Å². The summed E-state index contributed by atoms with van der Waals surface area (Å²) in [6.45, 7) is 0. The Bertz CT molecular complexity index is 453. The molecule has 2 N–H and O–H groups in total. The summed E-state index contributed by atoms with van der Waals surface area (Å²) < 4.78 is 10.6. The van der Waals surface area contributed by atoms with E-state index >= 15 is 0 Å². The second-order valence-corrected chi connectivity index (χ2v) is 5.55. The van der Waals surface area contributed by atoms with Crippen LogP contribution in [-0.2, 0) is 0 Å². The molecule has 0 spiro atoms. The van der Waals surface area contributed by atoms with Crippen LogP contribution in [0.2, 0.25) is 5.02 Å². The van der Waals surface area contributed by atoms with Crippen LogP contribution in [0.15, 0.2) is 12.1 Å². The minimum Gasteiger partial charge on any atom is -0.495 e. The average Bonchev–Trinajstić information content (AvgIpc) is 2.65. The Hall–Kier alpha value is -1.13. The lowest BCUT2D eigenvalue weighted by molar-refractivity contribution is 0.144. The molecule has 0 aromatic heterocycles. The predicted molar refractivity (Wildman–Crippen MR) is 81.1 cm³/mol. The molecule has 1 aliphatic carbocycles. The molecule has 1 aromatic carbocycles. The first-order valence-corrected chi connectivity index (χ1v) is 7.39. The molecule has 0 saturated heterocycles. The third-order valence-electron chi connectivity index (χ3n) is 3.79. The van der Waals surface area contributed by atoms with E-state index in [0.29, 0.717) is 16.5 Å². The molecular weight excluding hydrogens is 278 g/mol. The summed E-state index contributed by atoms with van der Waals surface area (Å²) in [5, 5.41) is 14.1. The van der Waals surface area contributed by atoms with Gasteiger partial charge in [-0.15, -0.1) is 0 Å². The van der Waals surface area contributed by atoms with Crippen LogP contribution in [0.4, 0.5) is 5.69 Å². The molecule has 20 heavy (non-hydrogen) atoms. The van der Waals surface area contributed by atoms with Crippen LogP contribution in [0.3, 0.4) is 0 Å². The molecule has 2 rings (SSSR count). The Balaban J connectivity index is 2.22. The van der Waals surface area contributed by atoms with Crippen molar-refractivity contribution in [1.82, 2.24) is 0 Å². The Morgan fingerprint density at radius 3 is 2.50 bits per heavy atom. The number of nitrogens with one attached hydrogen (secondary N) is 1. The van der Waals surface area contributed by atoms with Gasteiger partial charge in [0.25, 0.3) is 0 Å². The number of anilines is 1. The molecule has 0 amide bonds. The smallest absolute Gasteiger partial charge is 0.143 e. The van der Waals surface area contributed by atoms with Gasteiger partial charge in [-0.05, 0) is 12.8 Å². The molecule has 112 valence electrons. The van der Waals surface area contributed by atoms with E-state index < -0.39 is 0 Å². The lowest BCUT2D eigenvalue weighted by Crippen LogP contribution is -2.32. The molecule has 1 aromatic rings. The number of aliphatic hydroxyl groups excluding tert-OH is 1. The van der Waals surface area contributed by atoms with Gasteiger partial charge in [-0.2, -0.15) is 0 Å². The van der Waals surface area contributed by atoms with Crippen LogP contribution >= 0.6 is 11.6 Å². The largest absolute Gasteiger partial charge is 0.495 e. The number of aliphatic hydroxyl groups is 1. The van der Waals surface area contributed by atoms with E-state index in [1.807, 2.05) is 6.07 Å². The Labute approximate surface area is 125 Å². The summed E-state index contributed by atoms with van der Waals surface area (Å²) in [5.74, 6) is 1.25. The molecular formula is C15H22ClNO3. The summed E-state index contributed by atoms with van der Waals surface area (Å²) in [4.78, 5) is 0. The second kappa shape index (κ2) is 7.04. The normalized spacial score (nSPS) is 23.0. The monoisotopic (exact) mass is 299 g/mol. The van der Waals surface area contributed by atoms with Crippen LogP contribution in [0, 0.1) is 0 Å². The molecule has 1 saturated carbocycles. The van der Waals surface area contributed by atoms with Crippen LogP contribution in [0.5, 0.6) is 11.5 Å². The van der Waals surface area contributed by atoms with Crippen molar-refractivity contribution in [2.45, 2.75) is 44.2 Å². The number of ether oxygens (including phenoxy) is 2. The maximum atomic E-state index is 10.2. The van der Waals surface area contributed by atoms with Crippen molar-refractivity contribution >= 4 is 17.3 Å². The van der Waals surface area contributed by atoms with E-state index in [2.05, 4.69) is 5.32 Å². The van der Waals surface area contributed by atoms with Gasteiger partial charge in [0.15, 0.2) is 0 Å². The first-order valence-electron chi connectivity index (χ1n) is 7.02. The van der Waals surface area contributed by atoms with Crippen molar-refractivity contribution in [3.05, 3.63) is 17.2 Å². The molecule has 0 radical (unpaired) electrons. The number of methoxy groups -OCH3 is 2. The van der Waals surface area contributed by atoms with Crippen molar-refractivity contribution in [3.8, 4) is 11.5 Å². The van der Waals surface area contributed by atoms with E-state index in [1.54, 1.807) is 20.3 Å². The fraction of sp³-hybridized carbons (Fsp3) is 0.600. The third kappa shape index (κ3) is 3.49. The summed E-state index contributed by atoms with van der Waals surface area (Å²) in [5.41, 5.74) is 0.805. The standard InChI is InChI=1S/C15H22ClNO3/c1-19-14-9-12(15(20-2)8-10(14)16)17-11-6-4-3-5-7-13(11)18/h8-9,11,13,17-18H,3-7H2,1-2H3. The Kier molecular flexibility index (Phi) is 5.38. The minimum absolute atomic E-state index is 0.0391. The van der Waals surface area contributed by atoms with Crippen LogP contribution in [0.25, 0.3) is 0 Å². The molecule has 0 bridgehead atoms. The zero-order valence-corrected chi connectivity index (χ0v) is 12.7. The van der Waals surface area contributed by atoms with Gasteiger partial charge in [-0.25, -0.2) is 0 Å². The van der Waals surface area contributed by atoms with Crippen molar-refractivity contribution in [2.24, 2.45) is 0 Å². The van der Waals surface area contributed by atoms with Crippen molar-refractivity contribution in [3.63, 3.8) is 0 Å². The van der Waals surface area contributed by atoms with Gasteiger partial charge in [-0.1, -0.05) is 30.9 Å². The molecule has 2 atom stereocenters. The van der Waals surface area contributed by atoms with E-state index in [9.17, 15) is 5.11 Å².